The van der Waals surface area contributed by atoms with Crippen molar-refractivity contribution >= 4 is 29.2 Å². The quantitative estimate of drug-likeness (QED) is 0.355. The van der Waals surface area contributed by atoms with E-state index >= 15 is 0 Å². The Morgan fingerprint density at radius 1 is 1.19 bits per heavy atom. The molecule has 0 spiro atoms. The van der Waals surface area contributed by atoms with E-state index in [9.17, 15) is 0 Å². The molecule has 0 unspecified atom stereocenters. The van der Waals surface area contributed by atoms with E-state index in [1.807, 2.05) is 26.8 Å². The van der Waals surface area contributed by atoms with E-state index in [1.54, 1.807) is 0 Å². The number of hydrogen-bond donors (Lipinski definition) is 4. The number of guanidine groups is 1. The highest BCUT2D eigenvalue weighted by molar-refractivity contribution is 7.80. The summed E-state index contributed by atoms with van der Waals surface area (Å²) in [7, 11) is 0. The number of nitrogens with one attached hydrogen (secondary N) is 3. The Morgan fingerprint density at radius 3 is 2.26 bits per heavy atom. The molecule has 2 rings (SSSR count). The van der Waals surface area contributed by atoms with Crippen molar-refractivity contribution in [3.8, 4) is 0 Å². The summed E-state index contributed by atoms with van der Waals surface area (Å²) in [6.07, 6.45) is 1.98. The molecular weight excluding hydrogens is 358 g/mol. The maximum Gasteiger partial charge on any atom is 0.229 e. The van der Waals surface area contributed by atoms with Crippen molar-refractivity contribution in [2.24, 2.45) is 4.99 Å². The minimum atomic E-state index is 0.139. The van der Waals surface area contributed by atoms with Crippen LogP contribution in [0.1, 0.15) is 58.8 Å². The van der Waals surface area contributed by atoms with E-state index < -0.39 is 0 Å². The number of aliphatic imine (C=N–C) groups is 1. The van der Waals surface area contributed by atoms with Gasteiger partial charge in [-0.1, -0.05) is 0 Å². The second-order valence-electron chi connectivity index (χ2n) is 8.75. The number of piperidine rings is 1. The van der Waals surface area contributed by atoms with Crippen molar-refractivity contribution in [1.29, 1.82) is 0 Å². The van der Waals surface area contributed by atoms with E-state index in [0.29, 0.717) is 17.0 Å². The minimum absolute atomic E-state index is 0.139. The fourth-order valence-electron chi connectivity index (χ4n) is 4.03. The first-order valence-corrected chi connectivity index (χ1v) is 9.98. The highest BCUT2D eigenvalue weighted by atomic mass is 32.1. The Labute approximate surface area is 168 Å². The monoisotopic (exact) mass is 392 g/mol. The van der Waals surface area contributed by atoms with Crippen molar-refractivity contribution in [2.45, 2.75) is 78.4 Å². The summed E-state index contributed by atoms with van der Waals surface area (Å²) in [5.74, 6) is 1.11. The highest BCUT2D eigenvalue weighted by Crippen LogP contribution is 2.24. The number of hydrogen-bond acceptors (Lipinski definition) is 4. The molecule has 0 aliphatic carbocycles. The summed E-state index contributed by atoms with van der Waals surface area (Å²) < 4.78 is 0. The molecule has 0 saturated carbocycles. The SMILES string of the molecule is CCNC(=S)NC(=NC1CC(C)(C)[NH2+]C(C)(C)C1)Nc1nc(C)cc(C)n1. The largest absolute Gasteiger partial charge is 0.363 e. The first-order chi connectivity index (χ1) is 12.5. The van der Waals surface area contributed by atoms with Crippen LogP contribution in [-0.4, -0.2) is 44.7 Å². The Bertz CT molecular complexity index is 676. The Balaban J connectivity index is 2.27. The van der Waals surface area contributed by atoms with Gasteiger partial charge in [0.25, 0.3) is 0 Å². The van der Waals surface area contributed by atoms with Crippen LogP contribution >= 0.6 is 12.2 Å². The molecule has 1 aromatic heterocycles. The van der Waals surface area contributed by atoms with Crippen LogP contribution in [0, 0.1) is 13.8 Å². The van der Waals surface area contributed by atoms with E-state index in [1.165, 1.54) is 0 Å². The summed E-state index contributed by atoms with van der Waals surface area (Å²) in [6.45, 7) is 15.7. The average molecular weight is 393 g/mol. The van der Waals surface area contributed by atoms with Crippen LogP contribution in [0.4, 0.5) is 5.95 Å². The van der Waals surface area contributed by atoms with Crippen LogP contribution in [-0.2, 0) is 0 Å². The maximum absolute atomic E-state index is 5.36. The third-order valence-corrected chi connectivity index (χ3v) is 4.64. The van der Waals surface area contributed by atoms with Crippen molar-refractivity contribution < 1.29 is 5.32 Å². The van der Waals surface area contributed by atoms with Crippen LogP contribution in [0.5, 0.6) is 0 Å². The Hall–Kier alpha value is -1.80. The molecule has 27 heavy (non-hydrogen) atoms. The normalized spacial score (nSPS) is 19.4. The number of aryl methyl sites for hydroxylation is 2. The Kier molecular flexibility index (Phi) is 6.75. The molecule has 0 atom stereocenters. The topological polar surface area (TPSA) is 90.8 Å². The van der Waals surface area contributed by atoms with Gasteiger partial charge in [-0.3, -0.25) is 5.32 Å². The molecule has 0 radical (unpaired) electrons. The maximum atomic E-state index is 5.36. The van der Waals surface area contributed by atoms with Crippen molar-refractivity contribution in [1.82, 2.24) is 20.6 Å². The summed E-state index contributed by atoms with van der Waals surface area (Å²) >= 11 is 5.36. The van der Waals surface area contributed by atoms with Crippen LogP contribution in [0.3, 0.4) is 0 Å². The van der Waals surface area contributed by atoms with Gasteiger partial charge in [-0.05, 0) is 66.8 Å². The number of thiocarbonyl (C=S) groups is 1. The predicted molar refractivity (Wildman–Crippen MR) is 115 cm³/mol. The van der Waals surface area contributed by atoms with E-state index in [4.69, 9.17) is 17.2 Å². The number of anilines is 1. The molecule has 1 aliphatic rings. The van der Waals surface area contributed by atoms with Gasteiger partial charge in [0.1, 0.15) is 0 Å². The number of nitrogens with two attached hydrogens (primary N) is 1. The van der Waals surface area contributed by atoms with Gasteiger partial charge in [-0.25, -0.2) is 15.0 Å². The molecule has 1 fully saturated rings. The zero-order valence-corrected chi connectivity index (χ0v) is 18.4. The molecular formula is C19H34N7S+. The van der Waals surface area contributed by atoms with Crippen LogP contribution < -0.4 is 21.3 Å². The standard InChI is InChI=1S/C19H33N7S/c1-8-20-17(27)25-16(24-15-21-12(2)9-13(3)22-15)23-14-10-18(4,5)26-19(6,7)11-14/h9,14,26H,8,10-11H2,1-7H3,(H3,20,21,22,23,24,25,27)/p+1. The first-order valence-electron chi connectivity index (χ1n) is 9.57. The van der Waals surface area contributed by atoms with Gasteiger partial charge >= 0.3 is 0 Å². The summed E-state index contributed by atoms with van der Waals surface area (Å²) in [5, 5.41) is 12.5. The summed E-state index contributed by atoms with van der Waals surface area (Å²) in [6, 6.07) is 2.13. The average Bonchev–Trinajstić information content (AvgIpc) is 2.42. The van der Waals surface area contributed by atoms with E-state index in [-0.39, 0.29) is 17.1 Å². The third-order valence-electron chi connectivity index (χ3n) is 4.40. The molecule has 0 aromatic carbocycles. The van der Waals surface area contributed by atoms with Gasteiger partial charge in [0.15, 0.2) is 5.11 Å². The van der Waals surface area contributed by atoms with Crippen LogP contribution in [0.25, 0.3) is 0 Å². The van der Waals surface area contributed by atoms with Gasteiger partial charge in [0.2, 0.25) is 11.9 Å². The highest BCUT2D eigenvalue weighted by Gasteiger charge is 2.41. The summed E-state index contributed by atoms with van der Waals surface area (Å²) in [5.41, 5.74) is 2.10. The number of rotatable bonds is 3. The predicted octanol–water partition coefficient (Wildman–Crippen LogP) is 1.63. The molecule has 150 valence electrons. The molecule has 7 nitrogen and oxygen atoms in total. The number of quaternary nitrogens is 1. The van der Waals surface area contributed by atoms with Crippen molar-refractivity contribution in [2.75, 3.05) is 11.9 Å². The van der Waals surface area contributed by atoms with Gasteiger partial charge in [0.05, 0.1) is 17.1 Å². The van der Waals surface area contributed by atoms with Crippen LogP contribution in [0.2, 0.25) is 0 Å². The molecule has 5 N–H and O–H groups in total. The minimum Gasteiger partial charge on any atom is -0.363 e. The van der Waals surface area contributed by atoms with Gasteiger partial charge < -0.3 is 16.0 Å². The lowest BCUT2D eigenvalue weighted by Gasteiger charge is -2.41. The zero-order chi connectivity index (χ0) is 20.2. The molecule has 1 saturated heterocycles. The second kappa shape index (κ2) is 8.48. The Morgan fingerprint density at radius 2 is 1.74 bits per heavy atom. The zero-order valence-electron chi connectivity index (χ0n) is 17.6. The smallest absolute Gasteiger partial charge is 0.229 e. The molecule has 2 heterocycles. The van der Waals surface area contributed by atoms with Gasteiger partial charge in [-0.2, -0.15) is 0 Å². The van der Waals surface area contributed by atoms with Crippen molar-refractivity contribution in [3.05, 3.63) is 17.5 Å². The molecule has 0 amide bonds. The molecule has 0 bridgehead atoms. The third kappa shape index (κ3) is 7.03. The van der Waals surface area contributed by atoms with Crippen LogP contribution in [0.15, 0.2) is 11.1 Å². The first kappa shape index (κ1) is 21.5. The molecule has 8 heteroatoms. The van der Waals surface area contributed by atoms with Crippen molar-refractivity contribution in [3.63, 3.8) is 0 Å². The lowest BCUT2D eigenvalue weighted by atomic mass is 9.80. The van der Waals surface area contributed by atoms with Gasteiger partial charge in [-0.15, -0.1) is 0 Å². The number of nitrogens with zero attached hydrogens (tertiary/aromatic N) is 3. The lowest BCUT2D eigenvalue weighted by molar-refractivity contribution is -0.787. The lowest BCUT2D eigenvalue weighted by Crippen LogP contribution is -3.05. The second-order valence-corrected chi connectivity index (χ2v) is 9.15. The number of aromatic nitrogens is 2. The molecule has 1 aromatic rings. The fourth-order valence-corrected chi connectivity index (χ4v) is 4.27. The fraction of sp³-hybridized carbons (Fsp3) is 0.684. The van der Waals surface area contributed by atoms with Gasteiger partial charge in [0, 0.05) is 30.8 Å². The molecule has 1 aliphatic heterocycles. The van der Waals surface area contributed by atoms with E-state index in [2.05, 4.69) is 58.9 Å². The summed E-state index contributed by atoms with van der Waals surface area (Å²) in [4.78, 5) is 13.9. The van der Waals surface area contributed by atoms with E-state index in [0.717, 1.165) is 30.8 Å².